The minimum atomic E-state index is -0.762. The Bertz CT molecular complexity index is 1020. The molecule has 1 atom stereocenters. The molecule has 1 amide bonds. The normalized spacial score (nSPS) is 16.0. The standard InChI is InChI=1S/C20H27N7O3/c1-13-17(20(29)22-15(11-28)18-23-25-26(2)24-18)27-10-6-9-16(19(27)21-13)30-12-14-7-4-3-5-8-14/h6,9-10,14-15,28H,3-5,7-8,11-12H2,1-2H3,(H,22,29)/t15-/m0/s1. The first-order valence-electron chi connectivity index (χ1n) is 10.3. The van der Waals surface area contributed by atoms with E-state index in [1.807, 2.05) is 12.1 Å². The van der Waals surface area contributed by atoms with Crippen molar-refractivity contribution >= 4 is 11.6 Å². The second kappa shape index (κ2) is 8.78. The van der Waals surface area contributed by atoms with E-state index in [0.717, 1.165) is 0 Å². The summed E-state index contributed by atoms with van der Waals surface area (Å²) >= 11 is 0. The lowest BCUT2D eigenvalue weighted by molar-refractivity contribution is 0.0906. The van der Waals surface area contributed by atoms with Crippen LogP contribution >= 0.6 is 0 Å². The summed E-state index contributed by atoms with van der Waals surface area (Å²) in [5.74, 6) is 1.11. The van der Waals surface area contributed by atoms with E-state index in [1.165, 1.54) is 36.9 Å². The van der Waals surface area contributed by atoms with Gasteiger partial charge in [-0.15, -0.1) is 10.2 Å². The number of aromatic nitrogens is 6. The third kappa shape index (κ3) is 4.13. The van der Waals surface area contributed by atoms with E-state index in [1.54, 1.807) is 24.6 Å². The third-order valence-corrected chi connectivity index (χ3v) is 5.53. The molecule has 0 radical (unpaired) electrons. The number of amides is 1. The molecule has 2 N–H and O–H groups in total. The minimum absolute atomic E-state index is 0.247. The Morgan fingerprint density at radius 2 is 2.17 bits per heavy atom. The number of aryl methyl sites for hydroxylation is 2. The highest BCUT2D eigenvalue weighted by atomic mass is 16.5. The van der Waals surface area contributed by atoms with Gasteiger partial charge in [0, 0.05) is 6.20 Å². The van der Waals surface area contributed by atoms with Crippen molar-refractivity contribution in [1.29, 1.82) is 0 Å². The summed E-state index contributed by atoms with van der Waals surface area (Å²) in [4.78, 5) is 18.9. The van der Waals surface area contributed by atoms with Gasteiger partial charge in [-0.25, -0.2) is 4.98 Å². The van der Waals surface area contributed by atoms with Gasteiger partial charge < -0.3 is 15.2 Å². The molecule has 0 spiro atoms. The highest BCUT2D eigenvalue weighted by Gasteiger charge is 2.24. The number of imidazole rings is 1. The first kappa shape index (κ1) is 20.3. The van der Waals surface area contributed by atoms with E-state index in [2.05, 4.69) is 25.7 Å². The summed E-state index contributed by atoms with van der Waals surface area (Å²) in [5.41, 5.74) is 1.56. The number of ether oxygens (including phenoxy) is 1. The van der Waals surface area contributed by atoms with Crippen molar-refractivity contribution in [2.75, 3.05) is 13.2 Å². The van der Waals surface area contributed by atoms with Crippen molar-refractivity contribution in [3.63, 3.8) is 0 Å². The van der Waals surface area contributed by atoms with Gasteiger partial charge in [-0.2, -0.15) is 4.80 Å². The van der Waals surface area contributed by atoms with E-state index >= 15 is 0 Å². The lowest BCUT2D eigenvalue weighted by atomic mass is 9.90. The molecule has 0 aromatic carbocycles. The quantitative estimate of drug-likeness (QED) is 0.603. The molecule has 1 aliphatic rings. The van der Waals surface area contributed by atoms with Crippen LogP contribution < -0.4 is 10.1 Å². The zero-order chi connectivity index (χ0) is 21.1. The summed E-state index contributed by atoms with van der Waals surface area (Å²) in [6, 6.07) is 2.96. The van der Waals surface area contributed by atoms with Crippen molar-refractivity contribution < 1.29 is 14.6 Å². The Morgan fingerprint density at radius 1 is 1.37 bits per heavy atom. The molecule has 3 aromatic heterocycles. The van der Waals surface area contributed by atoms with Crippen LogP contribution in [-0.2, 0) is 7.05 Å². The molecule has 4 rings (SSSR count). The number of nitrogens with zero attached hydrogens (tertiary/aromatic N) is 6. The second-order valence-electron chi connectivity index (χ2n) is 7.77. The molecule has 0 unspecified atom stereocenters. The molecule has 1 saturated carbocycles. The van der Waals surface area contributed by atoms with Crippen molar-refractivity contribution in [2.45, 2.75) is 45.1 Å². The number of hydrogen-bond donors (Lipinski definition) is 2. The van der Waals surface area contributed by atoms with E-state index in [4.69, 9.17) is 4.74 Å². The van der Waals surface area contributed by atoms with Gasteiger partial charge in [-0.05, 0) is 43.0 Å². The van der Waals surface area contributed by atoms with Crippen molar-refractivity contribution in [3.8, 4) is 5.75 Å². The molecule has 1 fully saturated rings. The monoisotopic (exact) mass is 413 g/mol. The van der Waals surface area contributed by atoms with Gasteiger partial charge in [-0.1, -0.05) is 19.3 Å². The SMILES string of the molecule is Cc1nc2c(OCC3CCCCC3)cccn2c1C(=O)N[C@@H](CO)c1nnn(C)n1. The van der Waals surface area contributed by atoms with Gasteiger partial charge in [0.25, 0.3) is 5.91 Å². The Kier molecular flexibility index (Phi) is 5.93. The summed E-state index contributed by atoms with van der Waals surface area (Å²) in [5, 5.41) is 24.1. The summed E-state index contributed by atoms with van der Waals surface area (Å²) in [7, 11) is 1.62. The predicted octanol–water partition coefficient (Wildman–Crippen LogP) is 1.59. The summed E-state index contributed by atoms with van der Waals surface area (Å²) in [6.07, 6.45) is 8.01. The van der Waals surface area contributed by atoms with Crippen molar-refractivity contribution in [3.05, 3.63) is 35.5 Å². The molecular weight excluding hydrogens is 386 g/mol. The number of pyridine rings is 1. The average Bonchev–Trinajstić information content (AvgIpc) is 3.33. The predicted molar refractivity (Wildman–Crippen MR) is 108 cm³/mol. The fourth-order valence-corrected chi connectivity index (χ4v) is 3.96. The Balaban J connectivity index is 1.55. The largest absolute Gasteiger partial charge is 0.489 e. The van der Waals surface area contributed by atoms with Crippen molar-refractivity contribution in [1.82, 2.24) is 34.9 Å². The number of hydrogen-bond acceptors (Lipinski definition) is 7. The van der Waals surface area contributed by atoms with Crippen molar-refractivity contribution in [2.24, 2.45) is 13.0 Å². The third-order valence-electron chi connectivity index (χ3n) is 5.53. The zero-order valence-corrected chi connectivity index (χ0v) is 17.3. The minimum Gasteiger partial charge on any atom is -0.489 e. The number of fused-ring (bicyclic) bond motifs is 1. The van der Waals surface area contributed by atoms with Crippen LogP contribution in [0.1, 0.15) is 60.2 Å². The molecule has 3 heterocycles. The topological polar surface area (TPSA) is 119 Å². The second-order valence-corrected chi connectivity index (χ2v) is 7.77. The summed E-state index contributed by atoms with van der Waals surface area (Å²) in [6.45, 7) is 2.10. The van der Waals surface area contributed by atoms with Crippen LogP contribution in [-0.4, -0.2) is 53.8 Å². The summed E-state index contributed by atoms with van der Waals surface area (Å²) < 4.78 is 7.82. The van der Waals surface area contributed by atoms with E-state index in [0.29, 0.717) is 35.3 Å². The maximum Gasteiger partial charge on any atom is 0.270 e. The zero-order valence-electron chi connectivity index (χ0n) is 17.3. The fraction of sp³-hybridized carbons (Fsp3) is 0.550. The van der Waals surface area contributed by atoms with Gasteiger partial charge in [0.1, 0.15) is 11.7 Å². The van der Waals surface area contributed by atoms with Gasteiger partial charge in [0.2, 0.25) is 0 Å². The number of tetrazole rings is 1. The smallest absolute Gasteiger partial charge is 0.270 e. The van der Waals surface area contributed by atoms with E-state index < -0.39 is 6.04 Å². The molecule has 10 heteroatoms. The number of carbonyl (C=O) groups is 1. The fourth-order valence-electron chi connectivity index (χ4n) is 3.96. The van der Waals surface area contributed by atoms with Crippen LogP contribution in [0.25, 0.3) is 5.65 Å². The lowest BCUT2D eigenvalue weighted by Crippen LogP contribution is -2.32. The maximum absolute atomic E-state index is 13.0. The number of aliphatic hydroxyl groups excluding tert-OH is 1. The Morgan fingerprint density at radius 3 is 2.87 bits per heavy atom. The van der Waals surface area contributed by atoms with Gasteiger partial charge in [-0.3, -0.25) is 9.20 Å². The molecule has 0 aliphatic heterocycles. The number of nitrogens with one attached hydrogen (secondary N) is 1. The average molecular weight is 413 g/mol. The maximum atomic E-state index is 13.0. The molecule has 30 heavy (non-hydrogen) atoms. The van der Waals surface area contributed by atoms with Crippen LogP contribution in [0.3, 0.4) is 0 Å². The van der Waals surface area contributed by atoms with Crippen LogP contribution in [0, 0.1) is 12.8 Å². The molecular formula is C20H27N7O3. The van der Waals surface area contributed by atoms with E-state index in [-0.39, 0.29) is 18.3 Å². The van der Waals surface area contributed by atoms with Gasteiger partial charge >= 0.3 is 0 Å². The van der Waals surface area contributed by atoms with Gasteiger partial charge in [0.15, 0.2) is 17.2 Å². The number of aliphatic hydroxyl groups is 1. The highest BCUT2D eigenvalue weighted by Crippen LogP contribution is 2.27. The van der Waals surface area contributed by atoms with Crippen LogP contribution in [0.15, 0.2) is 18.3 Å². The molecule has 10 nitrogen and oxygen atoms in total. The van der Waals surface area contributed by atoms with Crippen LogP contribution in [0.5, 0.6) is 5.75 Å². The van der Waals surface area contributed by atoms with Gasteiger partial charge in [0.05, 0.1) is 26.0 Å². The number of rotatable bonds is 7. The number of carbonyl (C=O) groups excluding carboxylic acids is 1. The molecule has 0 bridgehead atoms. The Hall–Kier alpha value is -3.01. The van der Waals surface area contributed by atoms with Crippen LogP contribution in [0.4, 0.5) is 0 Å². The van der Waals surface area contributed by atoms with E-state index in [9.17, 15) is 9.90 Å². The Labute approximate surface area is 174 Å². The molecule has 160 valence electrons. The molecule has 3 aromatic rings. The highest BCUT2D eigenvalue weighted by molar-refractivity contribution is 5.95. The van der Waals surface area contributed by atoms with Crippen LogP contribution in [0.2, 0.25) is 0 Å². The molecule has 0 saturated heterocycles. The first-order valence-corrected chi connectivity index (χ1v) is 10.3. The first-order chi connectivity index (χ1) is 14.6. The lowest BCUT2D eigenvalue weighted by Gasteiger charge is -2.21. The molecule has 1 aliphatic carbocycles.